The van der Waals surface area contributed by atoms with Gasteiger partial charge in [-0.05, 0) is 0 Å². The molecule has 0 amide bonds. The number of rotatable bonds is 1. The van der Waals surface area contributed by atoms with Gasteiger partial charge >= 0.3 is 0 Å². The van der Waals surface area contributed by atoms with Crippen LogP contribution in [0.1, 0.15) is 11.3 Å². The van der Waals surface area contributed by atoms with Crippen LogP contribution in [0.4, 0.5) is 5.82 Å². The summed E-state index contributed by atoms with van der Waals surface area (Å²) in [5.41, 5.74) is 7.99. The van der Waals surface area contributed by atoms with E-state index in [4.69, 9.17) is 17.3 Å². The molecule has 2 N–H and O–H groups in total. The highest BCUT2D eigenvalue weighted by Gasteiger charge is 2.19. The SMILES string of the molecule is Nc1nc(-c2ncc(Cl)s2)nc2c1CSC2. The molecule has 0 bridgehead atoms. The van der Waals surface area contributed by atoms with Gasteiger partial charge in [-0.15, -0.1) is 0 Å². The number of thiazole rings is 1. The summed E-state index contributed by atoms with van der Waals surface area (Å²) >= 11 is 8.99. The molecule has 3 heterocycles. The standard InChI is InChI=1S/C9H7ClN4S2/c10-6-1-12-9(16-6)8-13-5-3-15-2-4(5)7(11)14-8/h1H,2-3H2,(H2,11,13,14). The molecule has 0 aromatic carbocycles. The van der Waals surface area contributed by atoms with E-state index in [-0.39, 0.29) is 0 Å². The molecule has 4 nitrogen and oxygen atoms in total. The molecule has 0 spiro atoms. The van der Waals surface area contributed by atoms with Gasteiger partial charge < -0.3 is 5.73 Å². The Morgan fingerprint density at radius 3 is 2.94 bits per heavy atom. The Morgan fingerprint density at radius 2 is 2.19 bits per heavy atom. The summed E-state index contributed by atoms with van der Waals surface area (Å²) in [5.74, 6) is 2.95. The van der Waals surface area contributed by atoms with Gasteiger partial charge in [-0.3, -0.25) is 0 Å². The summed E-state index contributed by atoms with van der Waals surface area (Å²) in [6, 6.07) is 0. The minimum absolute atomic E-state index is 0.566. The molecule has 0 aliphatic carbocycles. The van der Waals surface area contributed by atoms with Gasteiger partial charge in [0, 0.05) is 17.1 Å². The van der Waals surface area contributed by atoms with Crippen LogP contribution >= 0.6 is 34.7 Å². The van der Waals surface area contributed by atoms with E-state index in [0.717, 1.165) is 27.8 Å². The molecule has 7 heteroatoms. The van der Waals surface area contributed by atoms with Gasteiger partial charge in [0.25, 0.3) is 0 Å². The Hall–Kier alpha value is -0.850. The zero-order valence-corrected chi connectivity index (χ0v) is 10.5. The number of hydrogen-bond donors (Lipinski definition) is 1. The van der Waals surface area contributed by atoms with Gasteiger partial charge in [0.15, 0.2) is 10.8 Å². The van der Waals surface area contributed by atoms with Crippen LogP contribution in [0.25, 0.3) is 10.8 Å². The lowest BCUT2D eigenvalue weighted by Crippen LogP contribution is -2.02. The number of nitrogen functional groups attached to an aromatic ring is 1. The highest BCUT2D eigenvalue weighted by Crippen LogP contribution is 2.34. The summed E-state index contributed by atoms with van der Waals surface area (Å²) in [7, 11) is 0. The van der Waals surface area contributed by atoms with E-state index in [2.05, 4.69) is 15.0 Å². The number of thioether (sulfide) groups is 1. The predicted molar refractivity (Wildman–Crippen MR) is 67.6 cm³/mol. The summed E-state index contributed by atoms with van der Waals surface area (Å²) in [4.78, 5) is 12.9. The first kappa shape index (κ1) is 10.3. The Kier molecular flexibility index (Phi) is 2.49. The third kappa shape index (κ3) is 1.66. The number of hydrogen-bond acceptors (Lipinski definition) is 6. The van der Waals surface area contributed by atoms with E-state index in [0.29, 0.717) is 16.0 Å². The number of anilines is 1. The topological polar surface area (TPSA) is 64.7 Å². The molecule has 0 fully saturated rings. The molecule has 1 aliphatic heterocycles. The molecule has 1 aliphatic rings. The number of halogens is 1. The van der Waals surface area contributed by atoms with Gasteiger partial charge in [0.2, 0.25) is 0 Å². The van der Waals surface area contributed by atoms with Crippen molar-refractivity contribution in [3.63, 3.8) is 0 Å². The fourth-order valence-electron chi connectivity index (χ4n) is 1.53. The molecular weight excluding hydrogens is 264 g/mol. The van der Waals surface area contributed by atoms with E-state index >= 15 is 0 Å². The number of nitrogens with zero attached hydrogens (tertiary/aromatic N) is 3. The first-order valence-electron chi connectivity index (χ1n) is 4.59. The molecule has 2 aromatic heterocycles. The summed E-state index contributed by atoms with van der Waals surface area (Å²) in [6.07, 6.45) is 1.60. The van der Waals surface area contributed by atoms with Gasteiger partial charge in [-0.25, -0.2) is 15.0 Å². The highest BCUT2D eigenvalue weighted by molar-refractivity contribution is 7.98. The monoisotopic (exact) mass is 270 g/mol. The molecule has 0 unspecified atom stereocenters. The Bertz CT molecular complexity index is 554. The maximum atomic E-state index is 5.90. The molecule has 82 valence electrons. The van der Waals surface area contributed by atoms with Crippen LogP contribution in [-0.4, -0.2) is 15.0 Å². The van der Waals surface area contributed by atoms with Crippen LogP contribution in [0.2, 0.25) is 4.34 Å². The lowest BCUT2D eigenvalue weighted by molar-refractivity contribution is 1.08. The van der Waals surface area contributed by atoms with Crippen molar-refractivity contribution in [3.05, 3.63) is 21.8 Å². The van der Waals surface area contributed by atoms with Gasteiger partial charge in [-0.1, -0.05) is 22.9 Å². The number of aromatic nitrogens is 3. The Balaban J connectivity index is 2.12. The van der Waals surface area contributed by atoms with Crippen molar-refractivity contribution in [1.82, 2.24) is 15.0 Å². The predicted octanol–water partition coefficient (Wildman–Crippen LogP) is 2.58. The van der Waals surface area contributed by atoms with Crippen molar-refractivity contribution >= 4 is 40.5 Å². The third-order valence-electron chi connectivity index (χ3n) is 2.28. The number of fused-ring (bicyclic) bond motifs is 1. The average molecular weight is 271 g/mol. The maximum Gasteiger partial charge on any atom is 0.191 e. The average Bonchev–Trinajstić information content (AvgIpc) is 2.85. The van der Waals surface area contributed by atoms with Gasteiger partial charge in [0.1, 0.15) is 10.2 Å². The molecule has 16 heavy (non-hydrogen) atoms. The van der Waals surface area contributed by atoms with Crippen molar-refractivity contribution in [1.29, 1.82) is 0 Å². The molecular formula is C9H7ClN4S2. The fraction of sp³-hybridized carbons (Fsp3) is 0.222. The number of nitrogens with two attached hydrogens (primary N) is 1. The zero-order valence-electron chi connectivity index (χ0n) is 8.11. The lowest BCUT2D eigenvalue weighted by Gasteiger charge is -2.03. The van der Waals surface area contributed by atoms with Crippen molar-refractivity contribution < 1.29 is 0 Å². The van der Waals surface area contributed by atoms with Crippen LogP contribution in [0.15, 0.2) is 6.20 Å². The first-order valence-corrected chi connectivity index (χ1v) is 6.93. The summed E-state index contributed by atoms with van der Waals surface area (Å²) in [6.45, 7) is 0. The Labute approximate surface area is 105 Å². The van der Waals surface area contributed by atoms with E-state index < -0.39 is 0 Å². The minimum atomic E-state index is 0.566. The quantitative estimate of drug-likeness (QED) is 0.863. The maximum absolute atomic E-state index is 5.90. The smallest absolute Gasteiger partial charge is 0.191 e. The summed E-state index contributed by atoms with van der Waals surface area (Å²) in [5, 5.41) is 0.719. The molecule has 3 rings (SSSR count). The zero-order chi connectivity index (χ0) is 11.1. The third-order valence-corrected chi connectivity index (χ3v) is 4.36. The van der Waals surface area contributed by atoms with Crippen molar-refractivity contribution in [2.24, 2.45) is 0 Å². The van der Waals surface area contributed by atoms with Gasteiger partial charge in [-0.2, -0.15) is 11.8 Å². The molecule has 2 aromatic rings. The molecule has 0 saturated heterocycles. The minimum Gasteiger partial charge on any atom is -0.383 e. The highest BCUT2D eigenvalue weighted by atomic mass is 35.5. The normalized spacial score (nSPS) is 14.1. The lowest BCUT2D eigenvalue weighted by atomic mass is 10.2. The van der Waals surface area contributed by atoms with E-state index in [1.165, 1.54) is 11.3 Å². The summed E-state index contributed by atoms with van der Waals surface area (Å²) < 4.78 is 0.632. The van der Waals surface area contributed by atoms with E-state index in [1.54, 1.807) is 18.0 Å². The van der Waals surface area contributed by atoms with Crippen LogP contribution in [-0.2, 0) is 11.5 Å². The van der Waals surface area contributed by atoms with Crippen molar-refractivity contribution in [2.75, 3.05) is 5.73 Å². The van der Waals surface area contributed by atoms with Crippen LogP contribution in [0.3, 0.4) is 0 Å². The van der Waals surface area contributed by atoms with Crippen molar-refractivity contribution in [3.8, 4) is 10.8 Å². The van der Waals surface area contributed by atoms with Gasteiger partial charge in [0.05, 0.1) is 11.9 Å². The van der Waals surface area contributed by atoms with E-state index in [1.807, 2.05) is 0 Å². The van der Waals surface area contributed by atoms with Crippen LogP contribution in [0.5, 0.6) is 0 Å². The largest absolute Gasteiger partial charge is 0.383 e. The van der Waals surface area contributed by atoms with Crippen LogP contribution in [0, 0.1) is 0 Å². The fourth-order valence-corrected chi connectivity index (χ4v) is 3.43. The molecule has 0 atom stereocenters. The molecule has 0 radical (unpaired) electrons. The van der Waals surface area contributed by atoms with Crippen LogP contribution < -0.4 is 5.73 Å². The first-order chi connectivity index (χ1) is 7.74. The van der Waals surface area contributed by atoms with Crippen molar-refractivity contribution in [2.45, 2.75) is 11.5 Å². The second-order valence-corrected chi connectivity index (χ2v) is 5.97. The Morgan fingerprint density at radius 1 is 1.31 bits per heavy atom. The second kappa shape index (κ2) is 3.87. The second-order valence-electron chi connectivity index (χ2n) is 3.32. The molecule has 0 saturated carbocycles. The van der Waals surface area contributed by atoms with E-state index in [9.17, 15) is 0 Å².